The highest BCUT2D eigenvalue weighted by atomic mass is 19.3. The maximum absolute atomic E-state index is 11.9. The average molecular weight is 122 g/mol. The molecular formula is C4H8F2N2. The van der Waals surface area contributed by atoms with Gasteiger partial charge in [-0.1, -0.05) is 0 Å². The van der Waals surface area contributed by atoms with Gasteiger partial charge in [-0.15, -0.1) is 0 Å². The van der Waals surface area contributed by atoms with Crippen molar-refractivity contribution in [2.75, 3.05) is 6.54 Å². The molecule has 1 aliphatic carbocycles. The fourth-order valence-electron chi connectivity index (χ4n) is 0.633. The van der Waals surface area contributed by atoms with E-state index in [1.165, 1.54) is 0 Å². The quantitative estimate of drug-likeness (QED) is 0.403. The van der Waals surface area contributed by atoms with Gasteiger partial charge in [-0.25, -0.2) is 8.78 Å². The first-order valence-electron chi connectivity index (χ1n) is 2.48. The third kappa shape index (κ3) is 0.952. The molecule has 1 aliphatic rings. The van der Waals surface area contributed by atoms with Gasteiger partial charge in [0, 0.05) is 18.9 Å². The summed E-state index contributed by atoms with van der Waals surface area (Å²) < 4.78 is 23.8. The lowest BCUT2D eigenvalue weighted by Crippen LogP contribution is -2.25. The number of nitrogens with two attached hydrogens (primary N) is 1. The first-order valence-corrected chi connectivity index (χ1v) is 2.48. The largest absolute Gasteiger partial charge is 0.271 e. The SMILES string of the molecule is NNCC1CC1(F)F. The molecule has 8 heavy (non-hydrogen) atoms. The molecule has 1 rings (SSSR count). The molecule has 0 aromatic heterocycles. The Morgan fingerprint density at radius 1 is 1.75 bits per heavy atom. The molecule has 0 spiro atoms. The number of halogens is 2. The van der Waals surface area contributed by atoms with E-state index in [0.29, 0.717) is 0 Å². The molecular weight excluding hydrogens is 114 g/mol. The first kappa shape index (κ1) is 5.91. The van der Waals surface area contributed by atoms with Gasteiger partial charge in [0.15, 0.2) is 0 Å². The van der Waals surface area contributed by atoms with Crippen LogP contribution in [0.25, 0.3) is 0 Å². The number of hydrogen-bond acceptors (Lipinski definition) is 2. The monoisotopic (exact) mass is 122 g/mol. The van der Waals surface area contributed by atoms with Crippen LogP contribution in [0.4, 0.5) is 8.78 Å². The van der Waals surface area contributed by atoms with Crippen LogP contribution < -0.4 is 11.3 Å². The first-order chi connectivity index (χ1) is 3.67. The van der Waals surface area contributed by atoms with Gasteiger partial charge < -0.3 is 0 Å². The Balaban J connectivity index is 2.17. The van der Waals surface area contributed by atoms with Crippen LogP contribution in [0.5, 0.6) is 0 Å². The van der Waals surface area contributed by atoms with Crippen molar-refractivity contribution in [2.45, 2.75) is 12.3 Å². The van der Waals surface area contributed by atoms with Crippen molar-refractivity contribution in [3.63, 3.8) is 0 Å². The lowest BCUT2D eigenvalue weighted by Gasteiger charge is -1.93. The van der Waals surface area contributed by atoms with Crippen LogP contribution >= 0.6 is 0 Å². The highest BCUT2D eigenvalue weighted by Crippen LogP contribution is 2.47. The van der Waals surface area contributed by atoms with Crippen molar-refractivity contribution >= 4 is 0 Å². The minimum Gasteiger partial charge on any atom is -0.271 e. The van der Waals surface area contributed by atoms with E-state index in [-0.39, 0.29) is 13.0 Å². The molecule has 48 valence electrons. The predicted octanol–water partition coefficient (Wildman–Crippen LogP) is 0.105. The zero-order valence-corrected chi connectivity index (χ0v) is 4.32. The van der Waals surface area contributed by atoms with Gasteiger partial charge in [-0.05, 0) is 0 Å². The molecule has 3 N–H and O–H groups in total. The molecule has 4 heteroatoms. The van der Waals surface area contributed by atoms with Gasteiger partial charge in [0.05, 0.1) is 0 Å². The highest BCUT2D eigenvalue weighted by molar-refractivity contribution is 4.95. The molecule has 1 unspecified atom stereocenters. The van der Waals surface area contributed by atoms with Crippen molar-refractivity contribution < 1.29 is 8.78 Å². The highest BCUT2D eigenvalue weighted by Gasteiger charge is 2.56. The maximum atomic E-state index is 11.9. The van der Waals surface area contributed by atoms with E-state index in [1.54, 1.807) is 0 Å². The second-order valence-corrected chi connectivity index (χ2v) is 2.07. The van der Waals surface area contributed by atoms with Gasteiger partial charge in [-0.2, -0.15) is 0 Å². The van der Waals surface area contributed by atoms with Gasteiger partial charge >= 0.3 is 0 Å². The standard InChI is InChI=1S/C4H8F2N2/c5-4(6)1-3(4)2-8-7/h3,8H,1-2,7H2. The van der Waals surface area contributed by atoms with Crippen LogP contribution in [-0.4, -0.2) is 12.5 Å². The molecule has 0 radical (unpaired) electrons. The van der Waals surface area contributed by atoms with Crippen LogP contribution in [0.2, 0.25) is 0 Å². The van der Waals surface area contributed by atoms with E-state index in [9.17, 15) is 8.78 Å². The summed E-state index contributed by atoms with van der Waals surface area (Å²) in [4.78, 5) is 0. The lowest BCUT2D eigenvalue weighted by atomic mass is 10.4. The molecule has 1 saturated carbocycles. The van der Waals surface area contributed by atoms with E-state index >= 15 is 0 Å². The molecule has 1 fully saturated rings. The number of rotatable bonds is 2. The Labute approximate surface area is 46.0 Å². The predicted molar refractivity (Wildman–Crippen MR) is 25.2 cm³/mol. The molecule has 1 atom stereocenters. The Morgan fingerprint density at radius 2 is 2.25 bits per heavy atom. The summed E-state index contributed by atoms with van der Waals surface area (Å²) in [7, 11) is 0. The van der Waals surface area contributed by atoms with Crippen molar-refractivity contribution in [3.05, 3.63) is 0 Å². The normalized spacial score (nSPS) is 32.6. The zero-order chi connectivity index (χ0) is 6.20. The van der Waals surface area contributed by atoms with Crippen LogP contribution in [0.15, 0.2) is 0 Å². The molecule has 0 bridgehead atoms. The van der Waals surface area contributed by atoms with Crippen molar-refractivity contribution in [3.8, 4) is 0 Å². The second-order valence-electron chi connectivity index (χ2n) is 2.07. The number of hydrogen-bond donors (Lipinski definition) is 2. The van der Waals surface area contributed by atoms with E-state index < -0.39 is 11.8 Å². The molecule has 0 aromatic carbocycles. The van der Waals surface area contributed by atoms with Gasteiger partial charge in [0.2, 0.25) is 0 Å². The van der Waals surface area contributed by atoms with Gasteiger partial charge in [0.25, 0.3) is 5.92 Å². The topological polar surface area (TPSA) is 38.0 Å². The van der Waals surface area contributed by atoms with Crippen LogP contribution in [0.3, 0.4) is 0 Å². The van der Waals surface area contributed by atoms with Crippen LogP contribution in [0.1, 0.15) is 6.42 Å². The zero-order valence-electron chi connectivity index (χ0n) is 4.32. The average Bonchev–Trinajstić information content (AvgIpc) is 2.15. The van der Waals surface area contributed by atoms with E-state index in [1.807, 2.05) is 0 Å². The fraction of sp³-hybridized carbons (Fsp3) is 1.00. The Bertz CT molecular complexity index is 94.0. The minimum atomic E-state index is -2.42. The molecule has 0 aromatic rings. The number of alkyl halides is 2. The summed E-state index contributed by atoms with van der Waals surface area (Å²) in [5.74, 6) is 1.88. The summed E-state index contributed by atoms with van der Waals surface area (Å²) in [6, 6.07) is 0. The molecule has 2 nitrogen and oxygen atoms in total. The number of nitrogens with one attached hydrogen (secondary N) is 1. The Morgan fingerprint density at radius 3 is 2.38 bits per heavy atom. The summed E-state index contributed by atoms with van der Waals surface area (Å²) in [6.07, 6.45) is -0.00278. The summed E-state index contributed by atoms with van der Waals surface area (Å²) in [6.45, 7) is 0.229. The van der Waals surface area contributed by atoms with E-state index in [2.05, 4.69) is 5.43 Å². The summed E-state index contributed by atoms with van der Waals surface area (Å²) >= 11 is 0. The van der Waals surface area contributed by atoms with Crippen LogP contribution in [0, 0.1) is 5.92 Å². The van der Waals surface area contributed by atoms with Crippen molar-refractivity contribution in [2.24, 2.45) is 11.8 Å². The van der Waals surface area contributed by atoms with Gasteiger partial charge in [0.1, 0.15) is 0 Å². The van der Waals surface area contributed by atoms with E-state index in [4.69, 9.17) is 5.84 Å². The molecule has 0 heterocycles. The maximum Gasteiger partial charge on any atom is 0.252 e. The summed E-state index contributed by atoms with van der Waals surface area (Å²) in [5.41, 5.74) is 2.21. The second kappa shape index (κ2) is 1.63. The van der Waals surface area contributed by atoms with Gasteiger partial charge in [-0.3, -0.25) is 11.3 Å². The molecule has 0 saturated heterocycles. The third-order valence-electron chi connectivity index (χ3n) is 1.32. The Kier molecular flexibility index (Phi) is 1.21. The molecule has 0 aliphatic heterocycles. The lowest BCUT2D eigenvalue weighted by molar-refractivity contribution is 0.0987. The van der Waals surface area contributed by atoms with Crippen LogP contribution in [-0.2, 0) is 0 Å². The molecule has 0 amide bonds. The van der Waals surface area contributed by atoms with Crippen molar-refractivity contribution in [1.29, 1.82) is 0 Å². The third-order valence-corrected chi connectivity index (χ3v) is 1.32. The summed E-state index contributed by atoms with van der Waals surface area (Å²) in [5, 5.41) is 0. The fourth-order valence-corrected chi connectivity index (χ4v) is 0.633. The minimum absolute atomic E-state index is 0.00278. The van der Waals surface area contributed by atoms with Crippen molar-refractivity contribution in [1.82, 2.24) is 5.43 Å². The smallest absolute Gasteiger partial charge is 0.252 e. The van der Waals surface area contributed by atoms with E-state index in [0.717, 1.165) is 0 Å². The number of hydrazine groups is 1. The Hall–Kier alpha value is -0.220.